The first-order valence-electron chi connectivity index (χ1n) is 3.62. The van der Waals surface area contributed by atoms with Crippen molar-refractivity contribution < 1.29 is 19.0 Å². The molecular weight excluding hydrogens is 209 g/mol. The van der Waals surface area contributed by atoms with Crippen molar-refractivity contribution in [3.05, 3.63) is 24.3 Å². The highest BCUT2D eigenvalue weighted by Gasteiger charge is 2.18. The van der Waals surface area contributed by atoms with Gasteiger partial charge < -0.3 is 0 Å². The van der Waals surface area contributed by atoms with E-state index in [9.17, 15) is 4.57 Å². The molecule has 14 heavy (non-hydrogen) atoms. The topological polar surface area (TPSA) is 97.5 Å². The molecule has 2 N–H and O–H groups in total. The van der Waals surface area contributed by atoms with Gasteiger partial charge in [-0.25, -0.2) is 4.57 Å². The van der Waals surface area contributed by atoms with Gasteiger partial charge in [0.1, 0.15) is 11.0 Å². The fourth-order valence-electron chi connectivity index (χ4n) is 1.01. The van der Waals surface area contributed by atoms with E-state index in [0.717, 1.165) is 0 Å². The van der Waals surface area contributed by atoms with Crippen LogP contribution >= 0.6 is 7.82 Å². The van der Waals surface area contributed by atoms with Crippen molar-refractivity contribution in [2.24, 2.45) is 0 Å². The second kappa shape index (κ2) is 3.06. The summed E-state index contributed by atoms with van der Waals surface area (Å²) in [6.07, 6.45) is 0. The van der Waals surface area contributed by atoms with Gasteiger partial charge in [-0.2, -0.15) is 0 Å². The van der Waals surface area contributed by atoms with Gasteiger partial charge in [-0.1, -0.05) is 17.0 Å². The van der Waals surface area contributed by atoms with E-state index in [1.54, 1.807) is 24.3 Å². The molecule has 2 rings (SSSR count). The summed E-state index contributed by atoms with van der Waals surface area (Å²) in [7, 11) is -4.60. The van der Waals surface area contributed by atoms with Crippen LogP contribution in [0.15, 0.2) is 24.3 Å². The molecule has 0 saturated carbocycles. The second-order valence-corrected chi connectivity index (χ2v) is 3.67. The van der Waals surface area contributed by atoms with Gasteiger partial charge in [-0.3, -0.25) is 14.4 Å². The lowest BCUT2D eigenvalue weighted by molar-refractivity contribution is 0.158. The molecule has 0 aliphatic heterocycles. The lowest BCUT2D eigenvalue weighted by Crippen LogP contribution is -2.09. The highest BCUT2D eigenvalue weighted by Crippen LogP contribution is 2.31. The van der Waals surface area contributed by atoms with Gasteiger partial charge >= 0.3 is 7.82 Å². The maximum absolute atomic E-state index is 10.5. The number of phosphoric acid groups is 1. The van der Waals surface area contributed by atoms with Crippen molar-refractivity contribution in [3.63, 3.8) is 0 Å². The van der Waals surface area contributed by atoms with Crippen LogP contribution < -0.4 is 4.62 Å². The average molecular weight is 215 g/mol. The van der Waals surface area contributed by atoms with Crippen LogP contribution in [0, 0.1) is 0 Å². The quantitative estimate of drug-likeness (QED) is 0.681. The average Bonchev–Trinajstić information content (AvgIpc) is 2.47. The second-order valence-electron chi connectivity index (χ2n) is 2.52. The summed E-state index contributed by atoms with van der Waals surface area (Å²) in [6, 6.07) is 6.66. The van der Waals surface area contributed by atoms with Crippen molar-refractivity contribution in [2.75, 3.05) is 0 Å². The predicted octanol–water partition coefficient (Wildman–Crippen LogP) is -0.0474. The number of benzene rings is 1. The third-order valence-corrected chi connectivity index (χ3v) is 1.87. The Bertz CT molecular complexity index is 505. The summed E-state index contributed by atoms with van der Waals surface area (Å²) in [4.78, 5) is 17.8. The zero-order chi connectivity index (χ0) is 10.2. The zero-order valence-electron chi connectivity index (χ0n) is 6.81. The lowest BCUT2D eigenvalue weighted by atomic mass is 10.3. The summed E-state index contributed by atoms with van der Waals surface area (Å²) >= 11 is 0. The number of aromatic nitrogens is 3. The van der Waals surface area contributed by atoms with Crippen molar-refractivity contribution in [1.82, 2.24) is 15.2 Å². The molecule has 7 nitrogen and oxygen atoms in total. The summed E-state index contributed by atoms with van der Waals surface area (Å²) in [5, 5.41) is 7.08. The minimum atomic E-state index is -4.60. The smallest absolute Gasteiger partial charge is 0.292 e. The normalized spacial score (nSPS) is 11.9. The molecule has 74 valence electrons. The Kier molecular flexibility index (Phi) is 1.99. The Hall–Kier alpha value is -1.43. The molecule has 1 aromatic heterocycles. The Morgan fingerprint density at radius 3 is 2.79 bits per heavy atom. The van der Waals surface area contributed by atoms with E-state index < -0.39 is 7.82 Å². The van der Waals surface area contributed by atoms with Crippen LogP contribution in [0.3, 0.4) is 0 Å². The molecule has 0 spiro atoms. The fraction of sp³-hybridized carbons (Fsp3) is 0. The molecule has 1 aromatic carbocycles. The fourth-order valence-corrected chi connectivity index (χ4v) is 1.33. The van der Waals surface area contributed by atoms with Crippen LogP contribution in [0.5, 0.6) is 0 Å². The summed E-state index contributed by atoms with van der Waals surface area (Å²) < 4.78 is 14.8. The largest absolute Gasteiger partial charge is 0.545 e. The van der Waals surface area contributed by atoms with Crippen LogP contribution in [0.4, 0.5) is 0 Å². The van der Waals surface area contributed by atoms with E-state index in [1.165, 1.54) is 0 Å². The molecule has 0 fully saturated rings. The lowest BCUT2D eigenvalue weighted by Gasteiger charge is -2.04. The Labute approximate surface area is 78.1 Å². The number of para-hydroxylation sites is 1. The van der Waals surface area contributed by atoms with Gasteiger partial charge in [-0.15, -0.1) is 5.10 Å². The number of hydrogen-bond acceptors (Lipinski definition) is 4. The van der Waals surface area contributed by atoms with E-state index in [-0.39, 0.29) is 0 Å². The van der Waals surface area contributed by atoms with Crippen LogP contribution in [0.25, 0.3) is 11.0 Å². The van der Waals surface area contributed by atoms with Crippen LogP contribution in [0.1, 0.15) is 0 Å². The molecule has 0 aliphatic rings. The Balaban J connectivity index is 2.49. The van der Waals surface area contributed by atoms with Crippen molar-refractivity contribution in [2.45, 2.75) is 0 Å². The highest BCUT2D eigenvalue weighted by atomic mass is 31.2. The monoisotopic (exact) mass is 215 g/mol. The van der Waals surface area contributed by atoms with E-state index in [0.29, 0.717) is 15.9 Å². The van der Waals surface area contributed by atoms with Gasteiger partial charge in [0, 0.05) is 0 Å². The number of nitrogens with zero attached hydrogens (tertiary/aromatic N) is 3. The molecule has 0 bridgehead atoms. The standard InChI is InChI=1S/C6H6N3O4P/c10-14(11,12)13-9-6-4-2-1-3-5(6)7-8-9/h1-4H,(H2,10,11,12). The van der Waals surface area contributed by atoms with Gasteiger partial charge in [0.05, 0.1) is 0 Å². The van der Waals surface area contributed by atoms with E-state index in [4.69, 9.17) is 9.79 Å². The molecular formula is C6H6N3O4P. The van der Waals surface area contributed by atoms with Gasteiger partial charge in [0.2, 0.25) is 0 Å². The molecule has 8 heteroatoms. The predicted molar refractivity (Wildman–Crippen MR) is 46.2 cm³/mol. The Morgan fingerprint density at radius 2 is 2.07 bits per heavy atom. The first-order chi connectivity index (χ1) is 6.56. The van der Waals surface area contributed by atoms with E-state index in [1.807, 2.05) is 0 Å². The molecule has 2 aromatic rings. The number of hydrogen-bond donors (Lipinski definition) is 2. The molecule has 0 amide bonds. The molecule has 0 atom stereocenters. The molecule has 0 radical (unpaired) electrons. The third-order valence-electron chi connectivity index (χ3n) is 1.51. The molecule has 0 saturated heterocycles. The first-order valence-corrected chi connectivity index (χ1v) is 5.15. The molecule has 1 heterocycles. The first kappa shape index (κ1) is 9.14. The zero-order valence-corrected chi connectivity index (χ0v) is 7.70. The molecule has 0 unspecified atom stereocenters. The van der Waals surface area contributed by atoms with Crippen molar-refractivity contribution in [1.29, 1.82) is 0 Å². The summed E-state index contributed by atoms with van der Waals surface area (Å²) in [6.45, 7) is 0. The SMILES string of the molecule is O=P(O)(O)On1nnc2ccccc21. The van der Waals surface area contributed by atoms with Crippen LogP contribution in [0.2, 0.25) is 0 Å². The van der Waals surface area contributed by atoms with Gasteiger partial charge in [-0.05, 0) is 17.3 Å². The highest BCUT2D eigenvalue weighted by molar-refractivity contribution is 7.46. The van der Waals surface area contributed by atoms with Crippen LogP contribution in [-0.4, -0.2) is 24.9 Å². The Morgan fingerprint density at radius 1 is 1.36 bits per heavy atom. The number of fused-ring (bicyclic) bond motifs is 1. The minimum Gasteiger partial charge on any atom is -0.292 e. The van der Waals surface area contributed by atoms with Crippen LogP contribution in [-0.2, 0) is 4.57 Å². The van der Waals surface area contributed by atoms with Gasteiger partial charge in [0.25, 0.3) is 0 Å². The van der Waals surface area contributed by atoms with Crippen molar-refractivity contribution >= 4 is 18.9 Å². The van der Waals surface area contributed by atoms with E-state index >= 15 is 0 Å². The number of rotatable bonds is 2. The maximum atomic E-state index is 10.5. The summed E-state index contributed by atoms with van der Waals surface area (Å²) in [5.74, 6) is 0. The van der Waals surface area contributed by atoms with E-state index in [2.05, 4.69) is 14.9 Å². The maximum Gasteiger partial charge on any atom is 0.545 e. The van der Waals surface area contributed by atoms with Crippen molar-refractivity contribution in [3.8, 4) is 0 Å². The third kappa shape index (κ3) is 1.74. The van der Waals surface area contributed by atoms with Gasteiger partial charge in [0.15, 0.2) is 0 Å². The minimum absolute atomic E-state index is 0.399. The molecule has 0 aliphatic carbocycles. The summed E-state index contributed by atoms with van der Waals surface area (Å²) in [5.41, 5.74) is 0.900.